The largest absolute Gasteiger partial charge is 0.485 e. The van der Waals surface area contributed by atoms with Gasteiger partial charge in [0.1, 0.15) is 11.6 Å². The van der Waals surface area contributed by atoms with Crippen LogP contribution < -0.4 is 20.1 Å². The second-order valence-electron chi connectivity index (χ2n) is 8.34. The predicted molar refractivity (Wildman–Crippen MR) is 120 cm³/mol. The summed E-state index contributed by atoms with van der Waals surface area (Å²) < 4.78 is 35.0. The van der Waals surface area contributed by atoms with E-state index in [0.717, 1.165) is 36.1 Å². The number of rotatable bonds is 4. The Bertz CT molecular complexity index is 1170. The lowest BCUT2D eigenvalue weighted by Crippen LogP contribution is -2.41. The van der Waals surface area contributed by atoms with Gasteiger partial charge in [-0.1, -0.05) is 12.1 Å². The first-order chi connectivity index (χ1) is 15.4. The number of amides is 2. The van der Waals surface area contributed by atoms with Crippen molar-refractivity contribution in [3.8, 4) is 11.5 Å². The molecule has 2 N–H and O–H groups in total. The van der Waals surface area contributed by atoms with Crippen LogP contribution in [0.25, 0.3) is 0 Å². The average molecular weight is 477 g/mol. The van der Waals surface area contributed by atoms with Gasteiger partial charge in [-0.25, -0.2) is 8.42 Å². The highest BCUT2D eigenvalue weighted by Gasteiger charge is 2.34. The molecule has 0 unspecified atom stereocenters. The van der Waals surface area contributed by atoms with Crippen molar-refractivity contribution in [1.29, 1.82) is 0 Å². The molecule has 1 saturated heterocycles. The summed E-state index contributed by atoms with van der Waals surface area (Å²) in [5.41, 5.74) is 1.42. The number of ether oxygens (including phenoxy) is 2. The minimum Gasteiger partial charge on any atom is -0.485 e. The Labute approximate surface area is 190 Å². The standard InChI is InChI=1S/C22H24N2O6S2/c25-20(17-11-29-15-6-2-3-7-16(15)30-17)24-22-19(14-5-1-4-8-18(14)31-22)21(26)23-13-9-10-32(27,28)12-13/h2-3,6-7,13,17H,1,4-5,8-12H2,(H,23,26)(H,24,25)/t13-,17-/m0/s1. The van der Waals surface area contributed by atoms with Gasteiger partial charge in [0.15, 0.2) is 21.3 Å². The van der Waals surface area contributed by atoms with Gasteiger partial charge in [-0.2, -0.15) is 0 Å². The van der Waals surface area contributed by atoms with Gasteiger partial charge in [0.25, 0.3) is 11.8 Å². The molecule has 2 aliphatic heterocycles. The van der Waals surface area contributed by atoms with Crippen LogP contribution >= 0.6 is 11.3 Å². The molecule has 1 aliphatic carbocycles. The Balaban J connectivity index is 1.36. The van der Waals surface area contributed by atoms with Gasteiger partial charge in [-0.05, 0) is 49.8 Å². The van der Waals surface area contributed by atoms with Crippen LogP contribution in [0.15, 0.2) is 24.3 Å². The summed E-state index contributed by atoms with van der Waals surface area (Å²) in [6, 6.07) is 6.76. The zero-order valence-electron chi connectivity index (χ0n) is 17.4. The third kappa shape index (κ3) is 4.21. The number of para-hydroxylation sites is 2. The smallest absolute Gasteiger partial charge is 0.269 e. The first-order valence-corrected chi connectivity index (χ1v) is 13.4. The van der Waals surface area contributed by atoms with Gasteiger partial charge in [-0.15, -0.1) is 11.3 Å². The number of thiophene rings is 1. The quantitative estimate of drug-likeness (QED) is 0.701. The fourth-order valence-corrected chi connectivity index (χ4v) is 7.36. The first kappa shape index (κ1) is 21.3. The molecule has 1 aromatic heterocycles. The molecule has 2 atom stereocenters. The van der Waals surface area contributed by atoms with Crippen LogP contribution in [0.5, 0.6) is 11.5 Å². The lowest BCUT2D eigenvalue weighted by atomic mass is 9.95. The SMILES string of the molecule is O=C(N[C@H]1CCS(=O)(=O)C1)c1c(NC(=O)[C@@H]2COc3ccccc3O2)sc2c1CCCC2. The highest BCUT2D eigenvalue weighted by molar-refractivity contribution is 7.91. The molecule has 3 aliphatic rings. The van der Waals surface area contributed by atoms with E-state index >= 15 is 0 Å². The van der Waals surface area contributed by atoms with Gasteiger partial charge >= 0.3 is 0 Å². The Kier molecular flexibility index (Phi) is 5.58. The van der Waals surface area contributed by atoms with Crippen LogP contribution in [0.1, 0.15) is 40.1 Å². The first-order valence-electron chi connectivity index (χ1n) is 10.7. The molecule has 8 nitrogen and oxygen atoms in total. The number of hydrogen-bond acceptors (Lipinski definition) is 7. The van der Waals surface area contributed by atoms with Crippen molar-refractivity contribution in [2.45, 2.75) is 44.2 Å². The monoisotopic (exact) mass is 476 g/mol. The maximum Gasteiger partial charge on any atom is 0.269 e. The van der Waals surface area contributed by atoms with E-state index in [9.17, 15) is 18.0 Å². The maximum atomic E-state index is 13.2. The molecule has 0 bridgehead atoms. The van der Waals surface area contributed by atoms with Crippen molar-refractivity contribution in [1.82, 2.24) is 5.32 Å². The molecule has 10 heteroatoms. The number of fused-ring (bicyclic) bond motifs is 2. The van der Waals surface area contributed by atoms with E-state index in [2.05, 4.69) is 10.6 Å². The third-order valence-corrected chi connectivity index (χ3v) is 8.98. The van der Waals surface area contributed by atoms with Crippen molar-refractivity contribution in [3.05, 3.63) is 40.3 Å². The number of sulfone groups is 1. The summed E-state index contributed by atoms with van der Waals surface area (Å²) in [6.45, 7) is 0.0788. The summed E-state index contributed by atoms with van der Waals surface area (Å²) in [6.07, 6.45) is 3.23. The summed E-state index contributed by atoms with van der Waals surface area (Å²) in [5.74, 6) is 0.437. The maximum absolute atomic E-state index is 13.2. The lowest BCUT2D eigenvalue weighted by Gasteiger charge is -2.25. The van der Waals surface area contributed by atoms with Crippen LogP contribution in [-0.2, 0) is 27.5 Å². The summed E-state index contributed by atoms with van der Waals surface area (Å²) in [4.78, 5) is 27.3. The topological polar surface area (TPSA) is 111 Å². The Hall–Kier alpha value is -2.59. The van der Waals surface area contributed by atoms with Crippen molar-refractivity contribution < 1.29 is 27.5 Å². The number of carbonyl (C=O) groups is 2. The van der Waals surface area contributed by atoms with E-state index in [1.54, 1.807) is 12.1 Å². The molecule has 1 fully saturated rings. The van der Waals surface area contributed by atoms with E-state index in [0.29, 0.717) is 28.5 Å². The summed E-state index contributed by atoms with van der Waals surface area (Å²) >= 11 is 1.42. The van der Waals surface area contributed by atoms with E-state index in [-0.39, 0.29) is 29.9 Å². The van der Waals surface area contributed by atoms with Crippen molar-refractivity contribution in [3.63, 3.8) is 0 Å². The van der Waals surface area contributed by atoms with Crippen LogP contribution in [0.3, 0.4) is 0 Å². The molecule has 170 valence electrons. The zero-order chi connectivity index (χ0) is 22.3. The summed E-state index contributed by atoms with van der Waals surface area (Å²) in [7, 11) is -3.11. The van der Waals surface area contributed by atoms with Crippen LogP contribution in [-0.4, -0.2) is 50.5 Å². The minimum absolute atomic E-state index is 0.0422. The van der Waals surface area contributed by atoms with Crippen LogP contribution in [0, 0.1) is 0 Å². The lowest BCUT2D eigenvalue weighted by molar-refractivity contribution is -0.125. The number of anilines is 1. The van der Waals surface area contributed by atoms with Gasteiger partial charge in [0.2, 0.25) is 6.10 Å². The second kappa shape index (κ2) is 8.40. The molecular weight excluding hydrogens is 452 g/mol. The van der Waals surface area contributed by atoms with E-state index in [4.69, 9.17) is 9.47 Å². The fourth-order valence-electron chi connectivity index (χ4n) is 4.40. The van der Waals surface area contributed by atoms with Crippen LogP contribution in [0.2, 0.25) is 0 Å². The number of benzene rings is 1. The molecule has 0 saturated carbocycles. The van der Waals surface area contributed by atoms with E-state index < -0.39 is 22.0 Å². The molecule has 0 radical (unpaired) electrons. The molecule has 2 amide bonds. The number of hydrogen-bond donors (Lipinski definition) is 2. The molecule has 2 aromatic rings. The van der Waals surface area contributed by atoms with Gasteiger partial charge in [0.05, 0.1) is 17.1 Å². The molecule has 5 rings (SSSR count). The highest BCUT2D eigenvalue weighted by Crippen LogP contribution is 2.39. The Morgan fingerprint density at radius 1 is 1.09 bits per heavy atom. The Morgan fingerprint density at radius 2 is 1.88 bits per heavy atom. The van der Waals surface area contributed by atoms with E-state index in [1.807, 2.05) is 12.1 Å². The highest BCUT2D eigenvalue weighted by atomic mass is 32.2. The van der Waals surface area contributed by atoms with E-state index in [1.165, 1.54) is 11.3 Å². The van der Waals surface area contributed by atoms with Crippen molar-refractivity contribution >= 4 is 38.0 Å². The van der Waals surface area contributed by atoms with Crippen molar-refractivity contribution in [2.24, 2.45) is 0 Å². The minimum atomic E-state index is -3.11. The average Bonchev–Trinajstić information content (AvgIpc) is 3.31. The number of carbonyl (C=O) groups excluding carboxylic acids is 2. The predicted octanol–water partition coefficient (Wildman–Crippen LogP) is 2.32. The number of aryl methyl sites for hydroxylation is 1. The molecule has 1 aromatic carbocycles. The Morgan fingerprint density at radius 3 is 2.66 bits per heavy atom. The molecule has 32 heavy (non-hydrogen) atoms. The molecule has 3 heterocycles. The molecular formula is C22H24N2O6S2. The zero-order valence-corrected chi connectivity index (χ0v) is 19.0. The normalized spacial score (nSPS) is 23.2. The third-order valence-electron chi connectivity index (χ3n) is 6.00. The summed E-state index contributed by atoms with van der Waals surface area (Å²) in [5, 5.41) is 6.25. The van der Waals surface area contributed by atoms with Gasteiger partial charge in [0, 0.05) is 10.9 Å². The van der Waals surface area contributed by atoms with Crippen LogP contribution in [0.4, 0.5) is 5.00 Å². The number of nitrogens with one attached hydrogen (secondary N) is 2. The van der Waals surface area contributed by atoms with Gasteiger partial charge < -0.3 is 20.1 Å². The molecule has 0 spiro atoms. The second-order valence-corrected chi connectivity index (χ2v) is 11.7. The van der Waals surface area contributed by atoms with Gasteiger partial charge in [-0.3, -0.25) is 9.59 Å². The van der Waals surface area contributed by atoms with Crippen molar-refractivity contribution in [2.75, 3.05) is 23.4 Å². The fraction of sp³-hybridized carbons (Fsp3) is 0.455.